The molecule has 1 unspecified atom stereocenters. The molecule has 0 bridgehead atoms. The van der Waals surface area contributed by atoms with Gasteiger partial charge >= 0.3 is 5.97 Å². The number of para-hydroxylation sites is 1. The molecule has 1 atom stereocenters. The summed E-state index contributed by atoms with van der Waals surface area (Å²) in [4.78, 5) is 16.3. The number of benzene rings is 2. The number of nitrogens with one attached hydrogen (secondary N) is 2. The fourth-order valence-corrected chi connectivity index (χ4v) is 2.80. The molecule has 146 valence electrons. The molecular weight excluding hydrogens is 366 g/mol. The lowest BCUT2D eigenvalue weighted by Gasteiger charge is -2.15. The summed E-state index contributed by atoms with van der Waals surface area (Å²) in [7, 11) is 0. The monoisotopic (exact) mass is 388 g/mol. The summed E-state index contributed by atoms with van der Waals surface area (Å²) in [6.45, 7) is 2.12. The summed E-state index contributed by atoms with van der Waals surface area (Å²) in [5.41, 5.74) is 7.52. The summed E-state index contributed by atoms with van der Waals surface area (Å²) < 4.78 is 5.05. The second-order valence-electron chi connectivity index (χ2n) is 6.23. The molecule has 0 saturated heterocycles. The van der Waals surface area contributed by atoms with Gasteiger partial charge in [-0.15, -0.1) is 0 Å². The van der Waals surface area contributed by atoms with Crippen LogP contribution in [0.25, 0.3) is 11.1 Å². The van der Waals surface area contributed by atoms with E-state index in [0.29, 0.717) is 29.2 Å². The van der Waals surface area contributed by atoms with Gasteiger partial charge in [0.2, 0.25) is 6.29 Å². The van der Waals surface area contributed by atoms with Gasteiger partial charge in [0.1, 0.15) is 11.9 Å². The van der Waals surface area contributed by atoms with E-state index in [-0.39, 0.29) is 12.3 Å². The minimum absolute atomic E-state index is 0.337. The van der Waals surface area contributed by atoms with Crippen LogP contribution in [0.3, 0.4) is 0 Å². The number of carbonyl (C=O) groups excluding carboxylic acids is 1. The van der Waals surface area contributed by atoms with E-state index in [4.69, 9.17) is 4.74 Å². The van der Waals surface area contributed by atoms with E-state index in [9.17, 15) is 10.1 Å². The van der Waals surface area contributed by atoms with Crippen molar-refractivity contribution < 1.29 is 15.3 Å². The first-order chi connectivity index (χ1) is 14.1. The molecule has 1 aromatic heterocycles. The highest BCUT2D eigenvalue weighted by Crippen LogP contribution is 2.21. The zero-order valence-electron chi connectivity index (χ0n) is 16.1. The van der Waals surface area contributed by atoms with Crippen molar-refractivity contribution in [3.8, 4) is 17.2 Å². The number of nitriles is 1. The van der Waals surface area contributed by atoms with Gasteiger partial charge in [-0.25, -0.2) is 9.78 Å². The van der Waals surface area contributed by atoms with Crippen LogP contribution >= 0.6 is 0 Å². The number of aromatic nitrogens is 1. The Balaban J connectivity index is 1.68. The third-order valence-corrected chi connectivity index (χ3v) is 4.17. The van der Waals surface area contributed by atoms with Crippen LogP contribution in [-0.4, -0.2) is 23.8 Å². The van der Waals surface area contributed by atoms with Crippen molar-refractivity contribution in [1.82, 2.24) is 4.98 Å². The molecule has 29 heavy (non-hydrogen) atoms. The molecular formula is C22H22N5O2+. The molecule has 3 rings (SSSR count). The van der Waals surface area contributed by atoms with Crippen LogP contribution in [-0.2, 0) is 4.74 Å². The third-order valence-electron chi connectivity index (χ3n) is 4.17. The maximum atomic E-state index is 11.9. The lowest BCUT2D eigenvalue weighted by Crippen LogP contribution is -2.69. The predicted octanol–water partition coefficient (Wildman–Crippen LogP) is 2.85. The highest BCUT2D eigenvalue weighted by molar-refractivity contribution is 5.91. The predicted molar refractivity (Wildman–Crippen MR) is 111 cm³/mol. The number of carbonyl (C=O) groups is 1. The van der Waals surface area contributed by atoms with Gasteiger partial charge < -0.3 is 21.1 Å². The molecule has 2 aromatic carbocycles. The van der Waals surface area contributed by atoms with Crippen LogP contribution in [0, 0.1) is 11.3 Å². The quantitative estimate of drug-likeness (QED) is 0.423. The van der Waals surface area contributed by atoms with Crippen molar-refractivity contribution in [2.24, 2.45) is 0 Å². The number of hydrogen-bond donors (Lipinski definition) is 3. The van der Waals surface area contributed by atoms with Crippen molar-refractivity contribution >= 4 is 17.5 Å². The zero-order chi connectivity index (χ0) is 20.6. The molecule has 7 nitrogen and oxygen atoms in total. The molecule has 1 heterocycles. The normalized spacial score (nSPS) is 11.2. The van der Waals surface area contributed by atoms with Gasteiger partial charge in [0.25, 0.3) is 0 Å². The summed E-state index contributed by atoms with van der Waals surface area (Å²) in [5, 5.41) is 15.5. The average Bonchev–Trinajstić information content (AvgIpc) is 2.75. The summed E-state index contributed by atoms with van der Waals surface area (Å²) in [5.74, 6) is 0.293. The Morgan fingerprint density at radius 3 is 2.69 bits per heavy atom. The molecule has 5 N–H and O–H groups in total. The maximum absolute atomic E-state index is 11.9. The molecule has 3 aromatic rings. The lowest BCUT2D eigenvalue weighted by atomic mass is 10.0. The Labute approximate surface area is 169 Å². The third kappa shape index (κ3) is 5.09. The van der Waals surface area contributed by atoms with Crippen molar-refractivity contribution in [2.75, 3.05) is 17.2 Å². The van der Waals surface area contributed by atoms with Crippen LogP contribution in [0.2, 0.25) is 0 Å². The van der Waals surface area contributed by atoms with Gasteiger partial charge in [0.05, 0.1) is 23.4 Å². The number of esters is 1. The molecule has 0 aliphatic rings. The van der Waals surface area contributed by atoms with Gasteiger partial charge in [-0.2, -0.15) is 5.26 Å². The smallest absolute Gasteiger partial charge is 0.338 e. The number of nitrogens with zero attached hydrogens (tertiary/aromatic N) is 2. The van der Waals surface area contributed by atoms with Crippen LogP contribution in [0.15, 0.2) is 66.9 Å². The van der Waals surface area contributed by atoms with E-state index in [2.05, 4.69) is 27.4 Å². The van der Waals surface area contributed by atoms with Crippen molar-refractivity contribution in [1.29, 1.82) is 5.26 Å². The Morgan fingerprint density at radius 1 is 1.14 bits per heavy atom. The summed E-state index contributed by atoms with van der Waals surface area (Å²) in [6.07, 6.45) is 1.35. The number of anilines is 2. The average molecular weight is 388 g/mol. The minimum Gasteiger partial charge on any atom is -0.462 e. The highest BCUT2D eigenvalue weighted by Gasteiger charge is 2.11. The molecule has 0 aliphatic heterocycles. The second-order valence-corrected chi connectivity index (χ2v) is 6.23. The number of rotatable bonds is 7. The molecule has 0 spiro atoms. The summed E-state index contributed by atoms with van der Waals surface area (Å²) >= 11 is 0. The zero-order valence-corrected chi connectivity index (χ0v) is 16.1. The number of quaternary nitrogens is 1. The fourth-order valence-electron chi connectivity index (χ4n) is 2.80. The molecule has 0 aliphatic carbocycles. The van der Waals surface area contributed by atoms with E-state index < -0.39 is 0 Å². The van der Waals surface area contributed by atoms with Gasteiger partial charge in [0.15, 0.2) is 0 Å². The Bertz CT molecular complexity index is 1030. The standard InChI is InChI=1S/C22H21N5O2/c1-2-29-21(28)16-8-5-7-15(12-16)18-10-11-20(25-14-18)27-22(24)26-19-9-4-3-6-17(19)13-23/h3-12,14,22,26H,2,24H2,1H3,(H,25,27)/p+1. The van der Waals surface area contributed by atoms with Crippen molar-refractivity contribution in [3.63, 3.8) is 0 Å². The van der Waals surface area contributed by atoms with E-state index in [1.165, 1.54) is 0 Å². The Kier molecular flexibility index (Phi) is 6.40. The van der Waals surface area contributed by atoms with Crippen LogP contribution in [0.1, 0.15) is 22.8 Å². The van der Waals surface area contributed by atoms with E-state index in [0.717, 1.165) is 11.1 Å². The highest BCUT2D eigenvalue weighted by atomic mass is 16.5. The molecule has 7 heteroatoms. The van der Waals surface area contributed by atoms with Gasteiger partial charge in [-0.1, -0.05) is 24.3 Å². The largest absolute Gasteiger partial charge is 0.462 e. The van der Waals surface area contributed by atoms with Gasteiger partial charge in [-0.3, -0.25) is 0 Å². The topological polar surface area (TPSA) is 115 Å². The van der Waals surface area contributed by atoms with Crippen molar-refractivity contribution in [3.05, 3.63) is 78.0 Å². The lowest BCUT2D eigenvalue weighted by molar-refractivity contribution is -0.400. The van der Waals surface area contributed by atoms with Crippen LogP contribution in [0.5, 0.6) is 0 Å². The number of hydrogen-bond acceptors (Lipinski definition) is 6. The number of ether oxygens (including phenoxy) is 1. The first-order valence-corrected chi connectivity index (χ1v) is 9.19. The second kappa shape index (κ2) is 9.35. The Morgan fingerprint density at radius 2 is 1.97 bits per heavy atom. The fraction of sp³-hybridized carbons (Fsp3) is 0.136. The van der Waals surface area contributed by atoms with Gasteiger partial charge in [-0.05, 0) is 48.9 Å². The van der Waals surface area contributed by atoms with Gasteiger partial charge in [0, 0.05) is 11.8 Å². The maximum Gasteiger partial charge on any atom is 0.338 e. The molecule has 0 amide bonds. The number of pyridine rings is 1. The first-order valence-electron chi connectivity index (χ1n) is 9.19. The van der Waals surface area contributed by atoms with E-state index >= 15 is 0 Å². The molecule has 0 fully saturated rings. The van der Waals surface area contributed by atoms with E-state index in [1.54, 1.807) is 31.3 Å². The Hall–Kier alpha value is -3.89. The SMILES string of the molecule is CCOC(=O)c1cccc(-c2ccc(NC([NH3+])Nc3ccccc3C#N)nc2)c1. The summed E-state index contributed by atoms with van der Waals surface area (Å²) in [6, 6.07) is 20.4. The molecule has 0 radical (unpaired) electrons. The molecule has 0 saturated carbocycles. The van der Waals surface area contributed by atoms with Crippen LogP contribution in [0.4, 0.5) is 11.5 Å². The van der Waals surface area contributed by atoms with Crippen molar-refractivity contribution in [2.45, 2.75) is 13.2 Å². The van der Waals surface area contributed by atoms with E-state index in [1.807, 2.05) is 42.5 Å². The first kappa shape index (κ1) is 19.9. The minimum atomic E-state index is -0.380. The van der Waals surface area contributed by atoms with Crippen LogP contribution < -0.4 is 16.4 Å².